The molecule has 0 saturated heterocycles. The van der Waals surface area contributed by atoms with Crippen molar-refractivity contribution in [1.29, 1.82) is 0 Å². The number of rotatable bonds is 3. The molecule has 0 aliphatic heterocycles. The van der Waals surface area contributed by atoms with E-state index in [1.54, 1.807) is 0 Å². The summed E-state index contributed by atoms with van der Waals surface area (Å²) in [5.41, 5.74) is 6.61. The zero-order valence-corrected chi connectivity index (χ0v) is 12.4. The topological polar surface area (TPSA) is 35.2 Å². The average molecular weight is 271 g/mol. The Balaban J connectivity index is 2.00. The van der Waals surface area contributed by atoms with Crippen molar-refractivity contribution in [3.63, 3.8) is 0 Å². The molecule has 0 spiro atoms. The normalized spacial score (nSPS) is 17.7. The van der Waals surface area contributed by atoms with Crippen LogP contribution in [0.15, 0.2) is 24.3 Å². The molecular weight excluding hydrogens is 246 g/mol. The molecule has 2 heteroatoms. The Kier molecular flexibility index (Phi) is 5.95. The monoisotopic (exact) mass is 271 g/mol. The van der Waals surface area contributed by atoms with Crippen LogP contribution in [0.25, 0.3) is 0 Å². The fraction of sp³-hybridized carbons (Fsp3) is 0.556. The van der Waals surface area contributed by atoms with Crippen molar-refractivity contribution in [2.24, 2.45) is 11.7 Å². The molecule has 0 bridgehead atoms. The molecular formula is C18H25NO. The van der Waals surface area contributed by atoms with Gasteiger partial charge in [0.25, 0.3) is 0 Å². The molecule has 2 nitrogen and oxygen atoms in total. The van der Waals surface area contributed by atoms with E-state index in [9.17, 15) is 0 Å². The standard InChI is InChI=1S/C18H25NO/c1-15(14-19)20-18-10-6-9-17(13-18)12-11-16-7-4-2-3-5-8-16/h6,9-10,13,15-16H,2-5,7-8,14,19H2,1H3. The molecule has 1 fully saturated rings. The van der Waals surface area contributed by atoms with Gasteiger partial charge in [-0.1, -0.05) is 43.6 Å². The van der Waals surface area contributed by atoms with Gasteiger partial charge >= 0.3 is 0 Å². The summed E-state index contributed by atoms with van der Waals surface area (Å²) in [5.74, 6) is 8.19. The van der Waals surface area contributed by atoms with E-state index < -0.39 is 0 Å². The SMILES string of the molecule is CC(CN)Oc1cccc(C#CC2CCCCCC2)c1. The minimum Gasteiger partial charge on any atom is -0.489 e. The molecule has 1 saturated carbocycles. The Hall–Kier alpha value is -1.46. The number of hydrogen-bond donors (Lipinski definition) is 1. The zero-order valence-electron chi connectivity index (χ0n) is 12.4. The van der Waals surface area contributed by atoms with E-state index in [-0.39, 0.29) is 6.10 Å². The third-order valence-electron chi connectivity index (χ3n) is 3.78. The molecule has 0 radical (unpaired) electrons. The van der Waals surface area contributed by atoms with Crippen LogP contribution < -0.4 is 10.5 Å². The smallest absolute Gasteiger partial charge is 0.121 e. The van der Waals surface area contributed by atoms with E-state index in [4.69, 9.17) is 10.5 Å². The second-order valence-electron chi connectivity index (χ2n) is 5.65. The van der Waals surface area contributed by atoms with Crippen molar-refractivity contribution in [1.82, 2.24) is 0 Å². The van der Waals surface area contributed by atoms with Gasteiger partial charge in [-0.3, -0.25) is 0 Å². The van der Waals surface area contributed by atoms with Gasteiger partial charge in [0.1, 0.15) is 11.9 Å². The van der Waals surface area contributed by atoms with Crippen LogP contribution in [0.2, 0.25) is 0 Å². The number of nitrogens with two attached hydrogens (primary N) is 1. The largest absolute Gasteiger partial charge is 0.489 e. The fourth-order valence-corrected chi connectivity index (χ4v) is 2.54. The molecule has 2 N–H and O–H groups in total. The molecule has 1 aliphatic carbocycles. The van der Waals surface area contributed by atoms with E-state index in [0.29, 0.717) is 12.5 Å². The second-order valence-corrected chi connectivity index (χ2v) is 5.65. The Morgan fingerprint density at radius 2 is 2.00 bits per heavy atom. The minimum absolute atomic E-state index is 0.0417. The molecule has 1 atom stereocenters. The predicted molar refractivity (Wildman–Crippen MR) is 83.7 cm³/mol. The van der Waals surface area contributed by atoms with E-state index in [2.05, 4.69) is 11.8 Å². The maximum atomic E-state index is 5.72. The van der Waals surface area contributed by atoms with Gasteiger partial charge in [0, 0.05) is 18.0 Å². The molecule has 1 aromatic carbocycles. The van der Waals surface area contributed by atoms with Crippen LogP contribution in [0, 0.1) is 17.8 Å². The lowest BCUT2D eigenvalue weighted by molar-refractivity contribution is 0.230. The highest BCUT2D eigenvalue weighted by molar-refractivity contribution is 5.40. The van der Waals surface area contributed by atoms with Crippen molar-refractivity contribution in [3.05, 3.63) is 29.8 Å². The maximum absolute atomic E-state index is 5.72. The minimum atomic E-state index is 0.0417. The quantitative estimate of drug-likeness (QED) is 0.671. The van der Waals surface area contributed by atoms with Gasteiger partial charge in [-0.25, -0.2) is 0 Å². The molecule has 20 heavy (non-hydrogen) atoms. The van der Waals surface area contributed by atoms with Crippen LogP contribution in [0.1, 0.15) is 51.0 Å². The molecule has 1 aliphatic rings. The summed E-state index contributed by atoms with van der Waals surface area (Å²) < 4.78 is 5.72. The molecule has 0 amide bonds. The lowest BCUT2D eigenvalue weighted by Crippen LogP contribution is -2.22. The molecule has 0 heterocycles. The highest BCUT2D eigenvalue weighted by Crippen LogP contribution is 2.22. The first-order valence-corrected chi connectivity index (χ1v) is 7.76. The van der Waals surface area contributed by atoms with Crippen molar-refractivity contribution in [2.45, 2.75) is 51.6 Å². The first-order chi connectivity index (χ1) is 9.78. The highest BCUT2D eigenvalue weighted by atomic mass is 16.5. The van der Waals surface area contributed by atoms with E-state index in [1.807, 2.05) is 31.2 Å². The summed E-state index contributed by atoms with van der Waals surface area (Å²) in [6.45, 7) is 2.50. The Labute approximate surface area is 122 Å². The third-order valence-corrected chi connectivity index (χ3v) is 3.78. The van der Waals surface area contributed by atoms with Gasteiger partial charge in [-0.15, -0.1) is 0 Å². The number of benzene rings is 1. The maximum Gasteiger partial charge on any atom is 0.121 e. The van der Waals surface area contributed by atoms with E-state index in [0.717, 1.165) is 11.3 Å². The second kappa shape index (κ2) is 7.97. The summed E-state index contributed by atoms with van der Waals surface area (Å²) >= 11 is 0. The summed E-state index contributed by atoms with van der Waals surface area (Å²) in [7, 11) is 0. The first kappa shape index (κ1) is 14.9. The van der Waals surface area contributed by atoms with Gasteiger partial charge in [0.15, 0.2) is 0 Å². The van der Waals surface area contributed by atoms with Crippen LogP contribution in [0.5, 0.6) is 5.75 Å². The molecule has 2 rings (SSSR count). The van der Waals surface area contributed by atoms with Crippen LogP contribution in [-0.4, -0.2) is 12.6 Å². The van der Waals surface area contributed by atoms with Crippen molar-refractivity contribution in [3.8, 4) is 17.6 Å². The lowest BCUT2D eigenvalue weighted by atomic mass is 10.0. The number of ether oxygens (including phenoxy) is 1. The van der Waals surface area contributed by atoms with Gasteiger partial charge in [0.2, 0.25) is 0 Å². The van der Waals surface area contributed by atoms with Crippen molar-refractivity contribution in [2.75, 3.05) is 6.54 Å². The summed E-state index contributed by atoms with van der Waals surface area (Å²) in [6.07, 6.45) is 7.96. The van der Waals surface area contributed by atoms with E-state index >= 15 is 0 Å². The Morgan fingerprint density at radius 3 is 2.70 bits per heavy atom. The average Bonchev–Trinajstić information content (AvgIpc) is 2.74. The van der Waals surface area contributed by atoms with Crippen LogP contribution in [0.3, 0.4) is 0 Å². The highest BCUT2D eigenvalue weighted by Gasteiger charge is 2.09. The molecule has 108 valence electrons. The summed E-state index contributed by atoms with van der Waals surface area (Å²) in [4.78, 5) is 0. The summed E-state index contributed by atoms with van der Waals surface area (Å²) in [5, 5.41) is 0. The number of hydrogen-bond acceptors (Lipinski definition) is 2. The van der Waals surface area contributed by atoms with Gasteiger partial charge in [-0.2, -0.15) is 0 Å². The lowest BCUT2D eigenvalue weighted by Gasteiger charge is -2.12. The third kappa shape index (κ3) is 4.90. The fourth-order valence-electron chi connectivity index (χ4n) is 2.54. The Morgan fingerprint density at radius 1 is 1.25 bits per heavy atom. The van der Waals surface area contributed by atoms with Gasteiger partial charge in [0.05, 0.1) is 0 Å². The Bertz CT molecular complexity index is 464. The molecule has 1 unspecified atom stereocenters. The zero-order chi connectivity index (χ0) is 14.2. The van der Waals surface area contributed by atoms with Crippen molar-refractivity contribution < 1.29 is 4.74 Å². The first-order valence-electron chi connectivity index (χ1n) is 7.76. The van der Waals surface area contributed by atoms with E-state index in [1.165, 1.54) is 38.5 Å². The summed E-state index contributed by atoms with van der Waals surface area (Å²) in [6, 6.07) is 8.01. The molecule has 1 aromatic rings. The van der Waals surface area contributed by atoms with Crippen LogP contribution in [0.4, 0.5) is 0 Å². The molecule has 0 aromatic heterocycles. The van der Waals surface area contributed by atoms with Gasteiger partial charge < -0.3 is 10.5 Å². The van der Waals surface area contributed by atoms with Crippen LogP contribution >= 0.6 is 0 Å². The predicted octanol–water partition coefficient (Wildman–Crippen LogP) is 3.73. The van der Waals surface area contributed by atoms with Gasteiger partial charge in [-0.05, 0) is 38.0 Å². The van der Waals surface area contributed by atoms with Crippen LogP contribution in [-0.2, 0) is 0 Å². The van der Waals surface area contributed by atoms with Crippen molar-refractivity contribution >= 4 is 0 Å².